The summed E-state index contributed by atoms with van der Waals surface area (Å²) in [7, 11) is -2.13. The van der Waals surface area contributed by atoms with Crippen LogP contribution >= 0.6 is 11.6 Å². The Kier molecular flexibility index (Phi) is 8.45. The molecule has 0 fully saturated rings. The van der Waals surface area contributed by atoms with Crippen LogP contribution < -0.4 is 14.8 Å². The Morgan fingerprint density at radius 1 is 1.10 bits per heavy atom. The summed E-state index contributed by atoms with van der Waals surface area (Å²) in [5.74, 6) is -0.0260. The molecule has 158 valence electrons. The van der Waals surface area contributed by atoms with Crippen molar-refractivity contribution in [2.75, 3.05) is 32.2 Å². The number of hydrogen-bond donors (Lipinski definition) is 2. The topological polar surface area (TPSA) is 93.7 Å². The van der Waals surface area contributed by atoms with Gasteiger partial charge in [0.2, 0.25) is 15.9 Å². The summed E-state index contributed by atoms with van der Waals surface area (Å²) in [6, 6.07) is 9.89. The van der Waals surface area contributed by atoms with Gasteiger partial charge in [0.05, 0.1) is 22.2 Å². The number of ether oxygens (including phenoxy) is 2. The van der Waals surface area contributed by atoms with E-state index in [9.17, 15) is 13.2 Å². The number of aryl methyl sites for hydroxylation is 2. The molecule has 9 heteroatoms. The standard InChI is InChI=1S/C20H25ClN2O5S/c1-14-7-8-16(13-15(14)2)29(25,26)22-10-9-19(24)23-18-6-4-5-17(21)20(18)28-12-11-27-3/h4-8,13,22H,9-12H2,1-3H3,(H,23,24). The lowest BCUT2D eigenvalue weighted by molar-refractivity contribution is -0.116. The van der Waals surface area contributed by atoms with E-state index in [4.69, 9.17) is 21.1 Å². The van der Waals surface area contributed by atoms with Crippen LogP contribution in [0, 0.1) is 13.8 Å². The molecule has 2 aromatic carbocycles. The van der Waals surface area contributed by atoms with Crippen molar-refractivity contribution < 1.29 is 22.7 Å². The number of anilines is 1. The molecule has 0 heterocycles. The highest BCUT2D eigenvalue weighted by molar-refractivity contribution is 7.89. The van der Waals surface area contributed by atoms with Crippen LogP contribution in [0.25, 0.3) is 0 Å². The Balaban J connectivity index is 1.95. The highest BCUT2D eigenvalue weighted by Crippen LogP contribution is 2.33. The molecule has 0 aliphatic heterocycles. The Morgan fingerprint density at radius 3 is 2.55 bits per heavy atom. The van der Waals surface area contributed by atoms with Crippen molar-refractivity contribution in [1.29, 1.82) is 0 Å². The number of para-hydroxylation sites is 1. The molecule has 0 aromatic heterocycles. The van der Waals surface area contributed by atoms with Gasteiger partial charge in [-0.2, -0.15) is 0 Å². The number of rotatable bonds is 10. The largest absolute Gasteiger partial charge is 0.487 e. The van der Waals surface area contributed by atoms with Crippen LogP contribution in [0.3, 0.4) is 0 Å². The maximum atomic E-state index is 12.4. The molecule has 29 heavy (non-hydrogen) atoms. The molecule has 2 aromatic rings. The first-order valence-electron chi connectivity index (χ1n) is 9.01. The van der Waals surface area contributed by atoms with Crippen molar-refractivity contribution in [3.05, 3.63) is 52.5 Å². The molecule has 0 unspecified atom stereocenters. The van der Waals surface area contributed by atoms with E-state index in [1.54, 1.807) is 43.5 Å². The van der Waals surface area contributed by atoms with Gasteiger partial charge in [0.15, 0.2) is 5.75 Å². The lowest BCUT2D eigenvalue weighted by Gasteiger charge is -2.14. The molecular weight excluding hydrogens is 416 g/mol. The molecule has 0 saturated carbocycles. The van der Waals surface area contributed by atoms with Crippen molar-refractivity contribution >= 4 is 33.2 Å². The average molecular weight is 441 g/mol. The molecule has 2 rings (SSSR count). The monoisotopic (exact) mass is 440 g/mol. The first kappa shape index (κ1) is 23.2. The SMILES string of the molecule is COCCOc1c(Cl)cccc1NC(=O)CCNS(=O)(=O)c1ccc(C)c(C)c1. The number of amides is 1. The van der Waals surface area contributed by atoms with E-state index < -0.39 is 10.0 Å². The molecule has 0 bridgehead atoms. The van der Waals surface area contributed by atoms with Gasteiger partial charge >= 0.3 is 0 Å². The first-order chi connectivity index (χ1) is 13.7. The van der Waals surface area contributed by atoms with Crippen LogP contribution in [0.1, 0.15) is 17.5 Å². The summed E-state index contributed by atoms with van der Waals surface area (Å²) in [4.78, 5) is 12.4. The number of halogens is 1. The summed E-state index contributed by atoms with van der Waals surface area (Å²) in [6.07, 6.45) is -0.0475. The van der Waals surface area contributed by atoms with Crippen LogP contribution in [-0.4, -0.2) is 41.2 Å². The Morgan fingerprint density at radius 2 is 1.86 bits per heavy atom. The third-order valence-electron chi connectivity index (χ3n) is 4.21. The number of sulfonamides is 1. The van der Waals surface area contributed by atoms with Crippen LogP contribution in [0.4, 0.5) is 5.69 Å². The zero-order valence-corrected chi connectivity index (χ0v) is 18.2. The Hall–Kier alpha value is -2.13. The maximum Gasteiger partial charge on any atom is 0.240 e. The summed E-state index contributed by atoms with van der Waals surface area (Å²) in [6.45, 7) is 4.37. The molecule has 0 atom stereocenters. The van der Waals surface area contributed by atoms with Gasteiger partial charge in [0.25, 0.3) is 0 Å². The zero-order valence-electron chi connectivity index (χ0n) is 16.6. The van der Waals surface area contributed by atoms with E-state index in [1.165, 1.54) is 0 Å². The summed E-state index contributed by atoms with van der Waals surface area (Å²) >= 11 is 6.14. The molecule has 0 spiro atoms. The normalized spacial score (nSPS) is 11.3. The number of hydrogen-bond acceptors (Lipinski definition) is 5. The second kappa shape index (κ2) is 10.6. The summed E-state index contributed by atoms with van der Waals surface area (Å²) in [5, 5.41) is 3.05. The molecule has 2 N–H and O–H groups in total. The van der Waals surface area contributed by atoms with Gasteiger partial charge in [-0.3, -0.25) is 4.79 Å². The van der Waals surface area contributed by atoms with E-state index in [0.29, 0.717) is 23.1 Å². The quantitative estimate of drug-likeness (QED) is 0.553. The van der Waals surface area contributed by atoms with Crippen molar-refractivity contribution in [1.82, 2.24) is 4.72 Å². The van der Waals surface area contributed by atoms with Crippen molar-refractivity contribution in [2.45, 2.75) is 25.2 Å². The molecule has 0 radical (unpaired) electrons. The van der Waals surface area contributed by atoms with E-state index in [-0.39, 0.29) is 30.4 Å². The van der Waals surface area contributed by atoms with Gasteiger partial charge < -0.3 is 14.8 Å². The van der Waals surface area contributed by atoms with E-state index in [0.717, 1.165) is 11.1 Å². The van der Waals surface area contributed by atoms with E-state index in [2.05, 4.69) is 10.0 Å². The third kappa shape index (κ3) is 6.71. The molecular formula is C20H25ClN2O5S. The van der Waals surface area contributed by atoms with Gasteiger partial charge in [-0.05, 0) is 49.2 Å². The van der Waals surface area contributed by atoms with Crippen molar-refractivity contribution in [3.63, 3.8) is 0 Å². The highest BCUT2D eigenvalue weighted by atomic mass is 35.5. The lowest BCUT2D eigenvalue weighted by Crippen LogP contribution is -2.28. The van der Waals surface area contributed by atoms with Crippen LogP contribution in [-0.2, 0) is 19.6 Å². The Bertz CT molecular complexity index is 963. The fraction of sp³-hybridized carbons (Fsp3) is 0.350. The molecule has 0 aliphatic carbocycles. The number of benzene rings is 2. The zero-order chi connectivity index (χ0) is 21.4. The number of carbonyl (C=O) groups is 1. The number of methoxy groups -OCH3 is 1. The minimum Gasteiger partial charge on any atom is -0.487 e. The minimum absolute atomic E-state index is 0.0402. The number of nitrogens with one attached hydrogen (secondary N) is 2. The molecule has 7 nitrogen and oxygen atoms in total. The third-order valence-corrected chi connectivity index (χ3v) is 5.96. The summed E-state index contributed by atoms with van der Waals surface area (Å²) < 4.78 is 37.7. The average Bonchev–Trinajstić information content (AvgIpc) is 2.66. The van der Waals surface area contributed by atoms with Crippen molar-refractivity contribution in [2.24, 2.45) is 0 Å². The first-order valence-corrected chi connectivity index (χ1v) is 10.9. The predicted octanol–water partition coefficient (Wildman–Crippen LogP) is 3.29. The molecule has 0 saturated heterocycles. The fourth-order valence-corrected chi connectivity index (χ4v) is 3.80. The van der Waals surface area contributed by atoms with Gasteiger partial charge in [-0.25, -0.2) is 13.1 Å². The van der Waals surface area contributed by atoms with Crippen LogP contribution in [0.15, 0.2) is 41.3 Å². The van der Waals surface area contributed by atoms with Crippen LogP contribution in [0.2, 0.25) is 5.02 Å². The van der Waals surface area contributed by atoms with Crippen molar-refractivity contribution in [3.8, 4) is 5.75 Å². The van der Waals surface area contributed by atoms with E-state index >= 15 is 0 Å². The van der Waals surface area contributed by atoms with Gasteiger partial charge in [-0.1, -0.05) is 23.7 Å². The molecule has 1 amide bonds. The van der Waals surface area contributed by atoms with E-state index in [1.807, 2.05) is 13.8 Å². The predicted molar refractivity (Wildman–Crippen MR) is 113 cm³/mol. The minimum atomic E-state index is -3.69. The molecule has 0 aliphatic rings. The second-order valence-electron chi connectivity index (χ2n) is 6.40. The second-order valence-corrected chi connectivity index (χ2v) is 8.57. The van der Waals surface area contributed by atoms with Crippen LogP contribution in [0.5, 0.6) is 5.75 Å². The highest BCUT2D eigenvalue weighted by Gasteiger charge is 2.16. The fourth-order valence-electron chi connectivity index (χ4n) is 2.46. The summed E-state index contributed by atoms with van der Waals surface area (Å²) in [5.41, 5.74) is 2.30. The Labute approximate surface area is 176 Å². The maximum absolute atomic E-state index is 12.4. The lowest BCUT2D eigenvalue weighted by atomic mass is 10.1. The smallest absolute Gasteiger partial charge is 0.240 e. The van der Waals surface area contributed by atoms with Gasteiger partial charge in [0.1, 0.15) is 6.61 Å². The van der Waals surface area contributed by atoms with Gasteiger partial charge in [0, 0.05) is 20.1 Å². The van der Waals surface area contributed by atoms with Gasteiger partial charge in [-0.15, -0.1) is 0 Å². The number of carbonyl (C=O) groups excluding carboxylic acids is 1.